The zero-order valence-corrected chi connectivity index (χ0v) is 8.28. The lowest BCUT2D eigenvalue weighted by molar-refractivity contribution is 0.0923. The number of carbonyl (C=O) groups is 1. The van der Waals surface area contributed by atoms with Crippen molar-refractivity contribution in [2.45, 2.75) is 13.5 Å². The van der Waals surface area contributed by atoms with Crippen molar-refractivity contribution in [3.8, 4) is 0 Å². The Hall–Kier alpha value is -2.04. The van der Waals surface area contributed by atoms with E-state index in [1.165, 1.54) is 6.26 Å². The van der Waals surface area contributed by atoms with Gasteiger partial charge in [0.1, 0.15) is 0 Å². The van der Waals surface area contributed by atoms with E-state index >= 15 is 0 Å². The monoisotopic (exact) mass is 205 g/mol. The number of hydrogen-bond donors (Lipinski definition) is 2. The van der Waals surface area contributed by atoms with Crippen molar-refractivity contribution in [2.24, 2.45) is 0 Å². The van der Waals surface area contributed by atoms with Crippen LogP contribution in [0.3, 0.4) is 0 Å². The summed E-state index contributed by atoms with van der Waals surface area (Å²) in [6, 6.07) is 3.30. The molecule has 2 heterocycles. The number of H-pyrrole nitrogens is 1. The average Bonchev–Trinajstić information content (AvgIpc) is 2.85. The van der Waals surface area contributed by atoms with Gasteiger partial charge in [0, 0.05) is 17.8 Å². The normalized spacial score (nSPS) is 10.2. The predicted molar refractivity (Wildman–Crippen MR) is 53.2 cm³/mol. The maximum atomic E-state index is 11.5. The molecule has 0 atom stereocenters. The van der Waals surface area contributed by atoms with Crippen LogP contribution in [0.5, 0.6) is 0 Å². The molecule has 2 N–H and O–H groups in total. The van der Waals surface area contributed by atoms with Gasteiger partial charge in [0.05, 0.1) is 12.5 Å². The molecule has 2 aromatic heterocycles. The number of aromatic amines is 1. The van der Waals surface area contributed by atoms with Gasteiger partial charge in [-0.2, -0.15) is 5.10 Å². The van der Waals surface area contributed by atoms with Gasteiger partial charge in [-0.1, -0.05) is 0 Å². The molecule has 0 aliphatic rings. The second-order valence-corrected chi connectivity index (χ2v) is 3.18. The highest BCUT2D eigenvalue weighted by atomic mass is 16.3. The van der Waals surface area contributed by atoms with E-state index in [9.17, 15) is 4.79 Å². The van der Waals surface area contributed by atoms with Crippen molar-refractivity contribution in [2.75, 3.05) is 0 Å². The Morgan fingerprint density at radius 3 is 3.13 bits per heavy atom. The molecule has 5 nitrogen and oxygen atoms in total. The predicted octanol–water partition coefficient (Wildman–Crippen LogP) is 1.24. The number of hydrogen-bond acceptors (Lipinski definition) is 3. The molecular formula is C10H11N3O2. The maximum absolute atomic E-state index is 11.5. The zero-order valence-electron chi connectivity index (χ0n) is 8.28. The lowest BCUT2D eigenvalue weighted by Crippen LogP contribution is -2.22. The van der Waals surface area contributed by atoms with E-state index in [2.05, 4.69) is 15.5 Å². The summed E-state index contributed by atoms with van der Waals surface area (Å²) in [7, 11) is 0. The highest BCUT2D eigenvalue weighted by Gasteiger charge is 2.08. The van der Waals surface area contributed by atoms with Crippen molar-refractivity contribution in [3.63, 3.8) is 0 Å². The molecule has 2 aromatic rings. The van der Waals surface area contributed by atoms with E-state index in [1.807, 2.05) is 6.92 Å². The molecule has 0 fully saturated rings. The van der Waals surface area contributed by atoms with Crippen LogP contribution in [0.4, 0.5) is 0 Å². The van der Waals surface area contributed by atoms with Crippen molar-refractivity contribution in [3.05, 3.63) is 41.6 Å². The van der Waals surface area contributed by atoms with Crippen LogP contribution in [0.1, 0.15) is 21.8 Å². The number of carbonyl (C=O) groups excluding carboxylic acids is 1. The molecule has 0 radical (unpaired) electrons. The molecule has 0 saturated heterocycles. The average molecular weight is 205 g/mol. The van der Waals surface area contributed by atoms with Crippen LogP contribution < -0.4 is 5.32 Å². The molecule has 0 aliphatic carbocycles. The Kier molecular flexibility index (Phi) is 2.53. The lowest BCUT2D eigenvalue weighted by Gasteiger charge is -2.01. The standard InChI is InChI=1S/C10H11N3O2/c1-7-8(6-12-13-7)5-11-10(14)9-3-2-4-15-9/h2-4,6H,5H2,1H3,(H,11,14)(H,12,13). The topological polar surface area (TPSA) is 70.9 Å². The van der Waals surface area contributed by atoms with Gasteiger partial charge in [0.15, 0.2) is 5.76 Å². The fraction of sp³-hybridized carbons (Fsp3) is 0.200. The van der Waals surface area contributed by atoms with Crippen LogP contribution in [0.15, 0.2) is 29.0 Å². The highest BCUT2D eigenvalue weighted by molar-refractivity contribution is 5.91. The molecule has 2 rings (SSSR count). The van der Waals surface area contributed by atoms with Gasteiger partial charge in [0.25, 0.3) is 5.91 Å². The fourth-order valence-electron chi connectivity index (χ4n) is 1.22. The summed E-state index contributed by atoms with van der Waals surface area (Å²) in [5.41, 5.74) is 1.92. The fourth-order valence-corrected chi connectivity index (χ4v) is 1.22. The molecule has 78 valence electrons. The highest BCUT2D eigenvalue weighted by Crippen LogP contribution is 2.03. The summed E-state index contributed by atoms with van der Waals surface area (Å²) in [6.07, 6.45) is 3.16. The first-order chi connectivity index (χ1) is 7.27. The summed E-state index contributed by atoms with van der Waals surface area (Å²) >= 11 is 0. The molecular weight excluding hydrogens is 194 g/mol. The van der Waals surface area contributed by atoms with Gasteiger partial charge in [0.2, 0.25) is 0 Å². The van der Waals surface area contributed by atoms with Gasteiger partial charge < -0.3 is 9.73 Å². The van der Waals surface area contributed by atoms with E-state index in [4.69, 9.17) is 4.42 Å². The quantitative estimate of drug-likeness (QED) is 0.791. The first-order valence-electron chi connectivity index (χ1n) is 4.58. The minimum absolute atomic E-state index is 0.222. The summed E-state index contributed by atoms with van der Waals surface area (Å²) < 4.78 is 4.96. The van der Waals surface area contributed by atoms with E-state index in [-0.39, 0.29) is 5.91 Å². The minimum atomic E-state index is -0.222. The zero-order chi connectivity index (χ0) is 10.7. The molecule has 0 aliphatic heterocycles. The smallest absolute Gasteiger partial charge is 0.287 e. The molecule has 0 unspecified atom stereocenters. The molecule has 0 aromatic carbocycles. The molecule has 15 heavy (non-hydrogen) atoms. The lowest BCUT2D eigenvalue weighted by atomic mass is 10.2. The number of aryl methyl sites for hydroxylation is 1. The van der Waals surface area contributed by atoms with Gasteiger partial charge in [-0.15, -0.1) is 0 Å². The number of aromatic nitrogens is 2. The summed E-state index contributed by atoms with van der Waals surface area (Å²) in [5.74, 6) is 0.0942. The van der Waals surface area contributed by atoms with E-state index < -0.39 is 0 Å². The Morgan fingerprint density at radius 1 is 1.67 bits per heavy atom. The van der Waals surface area contributed by atoms with Gasteiger partial charge in [-0.05, 0) is 19.1 Å². The third-order valence-electron chi connectivity index (χ3n) is 2.12. The summed E-state index contributed by atoms with van der Waals surface area (Å²) in [6.45, 7) is 2.35. The third-order valence-corrected chi connectivity index (χ3v) is 2.12. The Bertz CT molecular complexity index is 445. The molecule has 5 heteroatoms. The van der Waals surface area contributed by atoms with E-state index in [0.717, 1.165) is 11.3 Å². The molecule has 0 bridgehead atoms. The number of furan rings is 1. The largest absolute Gasteiger partial charge is 0.459 e. The van der Waals surface area contributed by atoms with E-state index in [1.54, 1.807) is 18.3 Å². The van der Waals surface area contributed by atoms with Crippen molar-refractivity contribution in [1.82, 2.24) is 15.5 Å². The first-order valence-corrected chi connectivity index (χ1v) is 4.58. The van der Waals surface area contributed by atoms with Crippen molar-refractivity contribution in [1.29, 1.82) is 0 Å². The number of amides is 1. The van der Waals surface area contributed by atoms with Crippen LogP contribution in [-0.4, -0.2) is 16.1 Å². The van der Waals surface area contributed by atoms with Crippen molar-refractivity contribution >= 4 is 5.91 Å². The van der Waals surface area contributed by atoms with Crippen LogP contribution >= 0.6 is 0 Å². The van der Waals surface area contributed by atoms with Crippen molar-refractivity contribution < 1.29 is 9.21 Å². The summed E-state index contributed by atoms with van der Waals surface area (Å²) in [5, 5.41) is 9.40. The first kappa shape index (κ1) is 9.51. The van der Waals surface area contributed by atoms with Crippen LogP contribution in [0.2, 0.25) is 0 Å². The number of rotatable bonds is 3. The second kappa shape index (κ2) is 4.00. The Balaban J connectivity index is 1.95. The summed E-state index contributed by atoms with van der Waals surface area (Å²) in [4.78, 5) is 11.5. The van der Waals surface area contributed by atoms with Crippen LogP contribution in [0.25, 0.3) is 0 Å². The third kappa shape index (κ3) is 2.07. The minimum Gasteiger partial charge on any atom is -0.459 e. The van der Waals surface area contributed by atoms with Gasteiger partial charge in [-0.25, -0.2) is 0 Å². The SMILES string of the molecule is Cc1[nH]ncc1CNC(=O)c1ccco1. The van der Waals surface area contributed by atoms with E-state index in [0.29, 0.717) is 12.3 Å². The maximum Gasteiger partial charge on any atom is 0.287 e. The van der Waals surface area contributed by atoms with Crippen LogP contribution in [0, 0.1) is 6.92 Å². The Labute approximate surface area is 86.5 Å². The van der Waals surface area contributed by atoms with Gasteiger partial charge in [-0.3, -0.25) is 9.89 Å². The van der Waals surface area contributed by atoms with Gasteiger partial charge >= 0.3 is 0 Å². The number of nitrogens with zero attached hydrogens (tertiary/aromatic N) is 1. The molecule has 0 spiro atoms. The Morgan fingerprint density at radius 2 is 2.53 bits per heavy atom. The molecule has 1 amide bonds. The molecule has 0 saturated carbocycles. The van der Waals surface area contributed by atoms with Crippen LogP contribution in [-0.2, 0) is 6.54 Å². The number of nitrogens with one attached hydrogen (secondary N) is 2. The second-order valence-electron chi connectivity index (χ2n) is 3.18.